The molecule has 6 aliphatic carbocycles. The van der Waals surface area contributed by atoms with E-state index < -0.39 is 88.6 Å². The van der Waals surface area contributed by atoms with Gasteiger partial charge in [-0.2, -0.15) is 28.8 Å². The van der Waals surface area contributed by atoms with Crippen LogP contribution in [-0.4, -0.2) is 205 Å². The van der Waals surface area contributed by atoms with Crippen molar-refractivity contribution in [2.45, 2.75) is 174 Å². The van der Waals surface area contributed by atoms with E-state index in [1.54, 1.807) is 98.8 Å². The molecule has 0 bridgehead atoms. The van der Waals surface area contributed by atoms with Gasteiger partial charge >= 0.3 is 18.3 Å². The summed E-state index contributed by atoms with van der Waals surface area (Å²) in [5.41, 5.74) is 2.77. The van der Waals surface area contributed by atoms with E-state index in [-0.39, 0.29) is 146 Å². The van der Waals surface area contributed by atoms with Crippen molar-refractivity contribution in [1.29, 1.82) is 0 Å². The first-order valence-electron chi connectivity index (χ1n) is 38.3. The number of alkyl halides is 3. The standard InChI is InChI=1S/2C26H32FN7O5.C18H24ClN5O4.C8H9FN2O/c2*1-25(2,3)39-24(38)32(4)20-11-19(30-17-6-5-9-33(23(17)37)18-10-16(18)27)31-21-15(12-29-34(20)21)22(36)28-13-26(14-35)7-8-26;1-17(2,3)28-16(27)23(4)13-7-12(19)22-14-11(8-21-24(13)14)15(26)20-9-18(10-25)5-6-18;9-5-4-7(5)11-3-1-2-6(10)8(11)12/h2*5-6,9,11-12,16,18,35H,7-8,10,13-14H2,1-4H3,(H,28,36)(H,30,31);7-8,25H,5-6,9-10H2,1-4H3,(H,20,26);1-3,5,7H,4,10H2/t2*16-,18?;;5-,7?/m00.0/s1. The molecule has 0 aliphatic heterocycles. The van der Waals surface area contributed by atoms with Gasteiger partial charge in [-0.1, -0.05) is 11.6 Å². The Balaban J connectivity index is 0.000000153. The van der Waals surface area contributed by atoms with E-state index in [9.17, 15) is 71.6 Å². The molecule has 6 atom stereocenters. The predicted octanol–water partition coefficient (Wildman–Crippen LogP) is 8.55. The Morgan fingerprint density at radius 2 is 0.780 bits per heavy atom. The summed E-state index contributed by atoms with van der Waals surface area (Å²) in [5.74, 6) is -0.139. The lowest BCUT2D eigenvalue weighted by atomic mass is 10.1. The largest absolute Gasteiger partial charge is 0.443 e. The highest BCUT2D eigenvalue weighted by Crippen LogP contribution is 2.47. The van der Waals surface area contributed by atoms with E-state index in [1.807, 2.05) is 0 Å². The number of rotatable bonds is 22. The van der Waals surface area contributed by atoms with Crippen LogP contribution in [0.25, 0.3) is 16.9 Å². The van der Waals surface area contributed by atoms with Gasteiger partial charge in [0.25, 0.3) is 34.4 Å². The number of aliphatic hydroxyl groups excluding tert-OH is 3. The number of pyridine rings is 3. The topological polar surface area (TPSA) is 443 Å². The number of nitrogens with one attached hydrogen (secondary N) is 5. The number of amides is 6. The van der Waals surface area contributed by atoms with Crippen LogP contribution in [0.4, 0.5) is 73.7 Å². The van der Waals surface area contributed by atoms with E-state index in [1.165, 1.54) is 118 Å². The third kappa shape index (κ3) is 19.9. The van der Waals surface area contributed by atoms with Gasteiger partial charge in [0.05, 0.1) is 62.2 Å². The molecule has 0 spiro atoms. The van der Waals surface area contributed by atoms with Crippen molar-refractivity contribution in [3.8, 4) is 0 Å². The summed E-state index contributed by atoms with van der Waals surface area (Å²) in [6.45, 7) is 16.8. The highest BCUT2D eigenvalue weighted by Gasteiger charge is 2.46. The number of hydrogen-bond donors (Lipinski definition) is 9. The maximum absolute atomic E-state index is 13.7. The third-order valence-electron chi connectivity index (χ3n) is 20.4. The number of nitrogen functional groups attached to an aromatic ring is 1. The SMILES string of the molecule is CN(C(=O)OC(C)(C)C)c1cc(Cl)nc2c(C(=O)NCC3(CO)CC3)cnn12.CN(C(=O)OC(C)(C)C)c1cc(Nc2cccn(C3C[C@@H]3F)c2=O)nc2c(C(=O)NCC3(CO)CC3)cnn12.CN(C(=O)OC(C)(C)C)c1cc(Nc2cccn(C3C[C@@H]3F)c2=O)nc2c(C(=O)NCC3(CO)CC3)cnn12.Nc1cccn(C2C[C@@H]2F)c1=O. The van der Waals surface area contributed by atoms with Crippen molar-refractivity contribution in [3.63, 3.8) is 0 Å². The van der Waals surface area contributed by atoms with Gasteiger partial charge in [0.2, 0.25) is 0 Å². The molecule has 9 aromatic heterocycles. The van der Waals surface area contributed by atoms with Gasteiger partial charge < -0.3 is 75.5 Å². The van der Waals surface area contributed by atoms with Gasteiger partial charge in [0.15, 0.2) is 16.9 Å². The molecule has 118 heavy (non-hydrogen) atoms. The summed E-state index contributed by atoms with van der Waals surface area (Å²) in [6, 6.07) is 12.7. The lowest BCUT2D eigenvalue weighted by molar-refractivity contribution is 0.0577. The van der Waals surface area contributed by atoms with Crippen molar-refractivity contribution in [3.05, 3.63) is 145 Å². The van der Waals surface area contributed by atoms with Crippen molar-refractivity contribution >= 4 is 111 Å². The van der Waals surface area contributed by atoms with Crippen LogP contribution in [0.3, 0.4) is 0 Å². The fraction of sp³-hybridized carbons (Fsp3) is 0.500. The van der Waals surface area contributed by atoms with Crippen LogP contribution in [0, 0.1) is 16.2 Å². The minimum Gasteiger partial charge on any atom is -0.443 e. The number of nitrogens with two attached hydrogens (primary N) is 1. The lowest BCUT2D eigenvalue weighted by Gasteiger charge is -2.25. The molecular weight excluding hydrogens is 1560 g/mol. The van der Waals surface area contributed by atoms with Gasteiger partial charge in [0.1, 0.15) is 97.6 Å². The molecule has 6 aliphatic rings. The zero-order chi connectivity index (χ0) is 85.6. The summed E-state index contributed by atoms with van der Waals surface area (Å²) in [7, 11) is 4.52. The third-order valence-corrected chi connectivity index (χ3v) is 20.6. The first-order valence-corrected chi connectivity index (χ1v) is 38.7. The Kier molecular flexibility index (Phi) is 24.2. The zero-order valence-corrected chi connectivity index (χ0v) is 68.0. The normalized spacial score (nSPS) is 19.2. The Morgan fingerprint density at radius 1 is 0.492 bits per heavy atom. The second kappa shape index (κ2) is 33.4. The highest BCUT2D eigenvalue weighted by atomic mass is 35.5. The molecule has 3 unspecified atom stereocenters. The van der Waals surface area contributed by atoms with Crippen LogP contribution >= 0.6 is 11.6 Å². The molecule has 9 aromatic rings. The molecule has 10 N–H and O–H groups in total. The number of fused-ring (bicyclic) bond motifs is 3. The molecule has 0 aromatic carbocycles. The number of ether oxygens (including phenoxy) is 3. The van der Waals surface area contributed by atoms with Crippen molar-refractivity contribution in [2.75, 3.05) is 91.7 Å². The van der Waals surface area contributed by atoms with Crippen LogP contribution in [0.2, 0.25) is 5.15 Å². The number of carbonyl (C=O) groups is 6. The minimum absolute atomic E-state index is 0.0161. The Morgan fingerprint density at radius 3 is 1.07 bits per heavy atom. The maximum atomic E-state index is 13.7. The zero-order valence-electron chi connectivity index (χ0n) is 67.3. The lowest BCUT2D eigenvalue weighted by Crippen LogP contribution is -2.35. The summed E-state index contributed by atoms with van der Waals surface area (Å²) >= 11 is 6.13. The number of halogens is 4. The monoisotopic (exact) mass is 1660 g/mol. The smallest absolute Gasteiger partial charge is 0.415 e. The van der Waals surface area contributed by atoms with E-state index >= 15 is 0 Å². The molecule has 40 heteroatoms. The number of nitrogens with zero attached hydrogens (tertiary/aromatic N) is 15. The molecule has 36 nitrogen and oxygen atoms in total. The summed E-state index contributed by atoms with van der Waals surface area (Å²) in [6.07, 6.45) is 9.88. The summed E-state index contributed by atoms with van der Waals surface area (Å²) in [5, 5.41) is 55.9. The fourth-order valence-corrected chi connectivity index (χ4v) is 12.5. The quantitative estimate of drug-likeness (QED) is 0.0226. The number of aliphatic hydroxyl groups is 3. The second-order valence-electron chi connectivity index (χ2n) is 33.6. The fourth-order valence-electron chi connectivity index (χ4n) is 12.3. The molecule has 6 amide bonds. The number of anilines is 8. The van der Waals surface area contributed by atoms with Gasteiger partial charge in [0, 0.05) is 113 Å². The number of hydrogen-bond acceptors (Lipinski definition) is 24. The van der Waals surface area contributed by atoms with Crippen LogP contribution in [0.15, 0.2) is 106 Å². The van der Waals surface area contributed by atoms with Crippen LogP contribution < -0.4 is 63.7 Å². The van der Waals surface area contributed by atoms with Gasteiger partial charge in [-0.3, -0.25) is 43.5 Å². The summed E-state index contributed by atoms with van der Waals surface area (Å²) < 4.78 is 64.3. The van der Waals surface area contributed by atoms with E-state index in [2.05, 4.69) is 56.8 Å². The minimum atomic E-state index is -1.06. The number of carbonyl (C=O) groups excluding carboxylic acids is 6. The van der Waals surface area contributed by atoms with Gasteiger partial charge in [-0.15, -0.1) is 0 Å². The average Bonchev–Trinajstić information content (AvgIpc) is 1.66. The van der Waals surface area contributed by atoms with Gasteiger partial charge in [-0.05, 0) is 137 Å². The molecule has 6 fully saturated rings. The Labute approximate surface area is 678 Å². The average molecular weight is 1660 g/mol. The van der Waals surface area contributed by atoms with E-state index in [4.69, 9.17) is 31.5 Å². The van der Waals surface area contributed by atoms with Crippen LogP contribution in [-0.2, 0) is 14.2 Å². The first-order chi connectivity index (χ1) is 55.6. The second-order valence-corrected chi connectivity index (χ2v) is 34.0. The molecule has 0 saturated heterocycles. The van der Waals surface area contributed by atoms with Crippen LogP contribution in [0.5, 0.6) is 0 Å². The van der Waals surface area contributed by atoms with Gasteiger partial charge in [-0.25, -0.2) is 42.5 Å². The molecule has 15 rings (SSSR count). The van der Waals surface area contributed by atoms with Crippen molar-refractivity contribution in [2.24, 2.45) is 16.2 Å². The maximum Gasteiger partial charge on any atom is 0.415 e. The molecule has 9 heterocycles. The number of aromatic nitrogens is 12. The van der Waals surface area contributed by atoms with Crippen molar-refractivity contribution in [1.82, 2.24) is 73.4 Å². The molecular formula is C78H97ClF3N21O15. The Hall–Kier alpha value is -11.7. The van der Waals surface area contributed by atoms with E-state index in [0.717, 1.165) is 38.5 Å². The van der Waals surface area contributed by atoms with E-state index in [0.29, 0.717) is 31.9 Å². The molecule has 6 saturated carbocycles. The summed E-state index contributed by atoms with van der Waals surface area (Å²) in [4.78, 5) is 131. The highest BCUT2D eigenvalue weighted by molar-refractivity contribution is 6.30. The molecule has 0 radical (unpaired) electrons. The van der Waals surface area contributed by atoms with Crippen LogP contribution in [0.1, 0.15) is 169 Å². The molecule has 632 valence electrons. The Bertz CT molecular complexity index is 5300. The predicted molar refractivity (Wildman–Crippen MR) is 430 cm³/mol. The first kappa shape index (κ1) is 85.7. The van der Waals surface area contributed by atoms with Crippen molar-refractivity contribution < 1.29 is 71.5 Å².